The fourth-order valence-electron chi connectivity index (χ4n) is 1.67. The van der Waals surface area contributed by atoms with E-state index in [1.54, 1.807) is 12.1 Å². The molecule has 0 aliphatic heterocycles. The first-order valence-corrected chi connectivity index (χ1v) is 6.10. The van der Waals surface area contributed by atoms with Crippen molar-refractivity contribution in [3.8, 4) is 0 Å². The van der Waals surface area contributed by atoms with Crippen molar-refractivity contribution in [1.29, 1.82) is 0 Å². The Bertz CT molecular complexity index is 380. The second-order valence-corrected chi connectivity index (χ2v) is 5.36. The first kappa shape index (κ1) is 14.4. The number of benzene rings is 1. The van der Waals surface area contributed by atoms with Crippen LogP contribution in [-0.4, -0.2) is 24.0 Å². The number of halogens is 2. The van der Waals surface area contributed by atoms with Gasteiger partial charge in [0.1, 0.15) is 5.82 Å². The summed E-state index contributed by atoms with van der Waals surface area (Å²) < 4.78 is 13.0. The van der Waals surface area contributed by atoms with E-state index in [-0.39, 0.29) is 16.4 Å². The average Bonchev–Trinajstić information content (AvgIpc) is 2.23. The van der Waals surface area contributed by atoms with Gasteiger partial charge in [-0.3, -0.25) is 4.90 Å². The van der Waals surface area contributed by atoms with E-state index in [9.17, 15) is 4.39 Å². The van der Waals surface area contributed by atoms with Crippen molar-refractivity contribution in [3.63, 3.8) is 0 Å². The fourth-order valence-corrected chi connectivity index (χ4v) is 1.87. The lowest BCUT2D eigenvalue weighted by Crippen LogP contribution is -2.42. The van der Waals surface area contributed by atoms with Crippen LogP contribution in [0, 0.1) is 5.82 Å². The first-order valence-electron chi connectivity index (χ1n) is 5.72. The molecule has 1 aromatic rings. The molecular weight excluding hydrogens is 239 g/mol. The molecule has 0 radical (unpaired) electrons. The standard InChI is InChI=1S/C13H20ClFN2/c1-13(2,6-7-16)17(3)9-10-4-5-12(15)11(14)8-10/h4-5,8H,6-7,9,16H2,1-3H3. The van der Waals surface area contributed by atoms with Crippen molar-refractivity contribution in [1.82, 2.24) is 4.90 Å². The quantitative estimate of drug-likeness (QED) is 0.880. The molecule has 0 saturated heterocycles. The van der Waals surface area contributed by atoms with Crippen LogP contribution in [-0.2, 0) is 6.54 Å². The molecule has 17 heavy (non-hydrogen) atoms. The Morgan fingerprint density at radius 2 is 2.06 bits per heavy atom. The molecule has 2 nitrogen and oxygen atoms in total. The minimum absolute atomic E-state index is 0.0234. The minimum atomic E-state index is -0.376. The molecule has 0 atom stereocenters. The predicted octanol–water partition coefficient (Wildman–Crippen LogP) is 3.04. The Kier molecular flexibility index (Phi) is 4.92. The van der Waals surface area contributed by atoms with Crippen LogP contribution in [0.4, 0.5) is 4.39 Å². The molecule has 2 N–H and O–H groups in total. The van der Waals surface area contributed by atoms with Gasteiger partial charge in [0, 0.05) is 12.1 Å². The molecule has 96 valence electrons. The van der Waals surface area contributed by atoms with E-state index in [1.165, 1.54) is 6.07 Å². The normalized spacial score (nSPS) is 12.2. The topological polar surface area (TPSA) is 29.3 Å². The van der Waals surface area contributed by atoms with Crippen LogP contribution in [0.1, 0.15) is 25.8 Å². The highest BCUT2D eigenvalue weighted by molar-refractivity contribution is 6.30. The van der Waals surface area contributed by atoms with Crippen LogP contribution in [0.25, 0.3) is 0 Å². The molecule has 0 heterocycles. The average molecular weight is 259 g/mol. The lowest BCUT2D eigenvalue weighted by molar-refractivity contribution is 0.140. The Morgan fingerprint density at radius 1 is 1.41 bits per heavy atom. The summed E-state index contributed by atoms with van der Waals surface area (Å²) in [6.45, 7) is 5.67. The molecule has 0 aliphatic rings. The zero-order valence-corrected chi connectivity index (χ0v) is 11.4. The number of hydrogen-bond acceptors (Lipinski definition) is 2. The smallest absolute Gasteiger partial charge is 0.141 e. The van der Waals surface area contributed by atoms with Crippen molar-refractivity contribution >= 4 is 11.6 Å². The molecule has 4 heteroatoms. The highest BCUT2D eigenvalue weighted by Gasteiger charge is 2.22. The molecule has 0 fully saturated rings. The third-order valence-electron chi connectivity index (χ3n) is 3.19. The Morgan fingerprint density at radius 3 is 2.59 bits per heavy atom. The van der Waals surface area contributed by atoms with Gasteiger partial charge in [-0.25, -0.2) is 4.39 Å². The second kappa shape index (κ2) is 5.80. The maximum absolute atomic E-state index is 13.0. The largest absolute Gasteiger partial charge is 0.330 e. The van der Waals surface area contributed by atoms with Crippen molar-refractivity contribution < 1.29 is 4.39 Å². The van der Waals surface area contributed by atoms with Gasteiger partial charge in [0.05, 0.1) is 5.02 Å². The summed E-state index contributed by atoms with van der Waals surface area (Å²) in [6, 6.07) is 4.84. The molecule has 0 unspecified atom stereocenters. The Labute approximate surface area is 108 Å². The van der Waals surface area contributed by atoms with E-state index in [4.69, 9.17) is 17.3 Å². The highest BCUT2D eigenvalue weighted by Crippen LogP contribution is 2.21. The summed E-state index contributed by atoms with van der Waals surface area (Å²) in [4.78, 5) is 2.20. The zero-order valence-electron chi connectivity index (χ0n) is 10.6. The lowest BCUT2D eigenvalue weighted by atomic mass is 9.98. The van der Waals surface area contributed by atoms with Gasteiger partial charge in [-0.15, -0.1) is 0 Å². The molecule has 0 amide bonds. The van der Waals surface area contributed by atoms with Gasteiger partial charge >= 0.3 is 0 Å². The van der Waals surface area contributed by atoms with E-state index in [1.807, 2.05) is 7.05 Å². The number of rotatable bonds is 5. The van der Waals surface area contributed by atoms with Gasteiger partial charge < -0.3 is 5.73 Å². The monoisotopic (exact) mass is 258 g/mol. The van der Waals surface area contributed by atoms with Gasteiger partial charge in [0.25, 0.3) is 0 Å². The number of nitrogens with two attached hydrogens (primary N) is 1. The summed E-state index contributed by atoms with van der Waals surface area (Å²) in [5.41, 5.74) is 6.62. The maximum Gasteiger partial charge on any atom is 0.141 e. The number of hydrogen-bond donors (Lipinski definition) is 1. The summed E-state index contributed by atoms with van der Waals surface area (Å²) in [5, 5.41) is 0.174. The summed E-state index contributed by atoms with van der Waals surface area (Å²) >= 11 is 5.76. The van der Waals surface area contributed by atoms with Crippen LogP contribution < -0.4 is 5.73 Å². The maximum atomic E-state index is 13.0. The molecule has 0 spiro atoms. The summed E-state index contributed by atoms with van der Waals surface area (Å²) in [6.07, 6.45) is 0.915. The molecule has 0 saturated carbocycles. The van der Waals surface area contributed by atoms with Gasteiger partial charge in [0.15, 0.2) is 0 Å². The fraction of sp³-hybridized carbons (Fsp3) is 0.538. The molecule has 0 aliphatic carbocycles. The van der Waals surface area contributed by atoms with E-state index < -0.39 is 0 Å². The molecule has 0 bridgehead atoms. The SMILES string of the molecule is CN(Cc1ccc(F)c(Cl)c1)C(C)(C)CCN. The lowest BCUT2D eigenvalue weighted by Gasteiger charge is -2.35. The third kappa shape index (κ3) is 3.95. The van der Waals surface area contributed by atoms with Crippen molar-refractivity contribution in [2.24, 2.45) is 5.73 Å². The molecule has 0 aromatic heterocycles. The van der Waals surface area contributed by atoms with Crippen molar-refractivity contribution in [2.75, 3.05) is 13.6 Å². The predicted molar refractivity (Wildman–Crippen MR) is 70.6 cm³/mol. The first-order chi connectivity index (χ1) is 7.86. The van der Waals surface area contributed by atoms with Gasteiger partial charge in [-0.05, 0) is 51.6 Å². The highest BCUT2D eigenvalue weighted by atomic mass is 35.5. The van der Waals surface area contributed by atoms with Crippen LogP contribution in [0.15, 0.2) is 18.2 Å². The van der Waals surface area contributed by atoms with E-state index >= 15 is 0 Å². The summed E-state index contributed by atoms with van der Waals surface area (Å²) in [7, 11) is 2.03. The van der Waals surface area contributed by atoms with Crippen molar-refractivity contribution in [2.45, 2.75) is 32.4 Å². The minimum Gasteiger partial charge on any atom is -0.330 e. The summed E-state index contributed by atoms with van der Waals surface area (Å²) in [5.74, 6) is -0.376. The van der Waals surface area contributed by atoms with E-state index in [0.717, 1.165) is 18.5 Å². The van der Waals surface area contributed by atoms with Gasteiger partial charge in [-0.1, -0.05) is 17.7 Å². The van der Waals surface area contributed by atoms with Gasteiger partial charge in [-0.2, -0.15) is 0 Å². The van der Waals surface area contributed by atoms with Crippen LogP contribution in [0.3, 0.4) is 0 Å². The van der Waals surface area contributed by atoms with E-state index in [0.29, 0.717) is 6.54 Å². The zero-order chi connectivity index (χ0) is 13.1. The van der Waals surface area contributed by atoms with Crippen LogP contribution >= 0.6 is 11.6 Å². The van der Waals surface area contributed by atoms with Crippen molar-refractivity contribution in [3.05, 3.63) is 34.6 Å². The van der Waals surface area contributed by atoms with Crippen LogP contribution in [0.5, 0.6) is 0 Å². The van der Waals surface area contributed by atoms with E-state index in [2.05, 4.69) is 18.7 Å². The second-order valence-electron chi connectivity index (χ2n) is 4.96. The molecule has 1 rings (SSSR count). The molecule has 1 aromatic carbocycles. The third-order valence-corrected chi connectivity index (χ3v) is 3.48. The Hall–Kier alpha value is -0.640. The Balaban J connectivity index is 2.73. The van der Waals surface area contributed by atoms with Crippen LogP contribution in [0.2, 0.25) is 5.02 Å². The molecular formula is C13H20ClFN2. The van der Waals surface area contributed by atoms with Gasteiger partial charge in [0.2, 0.25) is 0 Å². The number of nitrogens with zero attached hydrogens (tertiary/aromatic N) is 1.